The Bertz CT molecular complexity index is 1550. The fraction of sp³-hybridized carbons (Fsp3) is 0.143. The lowest BCUT2D eigenvalue weighted by Gasteiger charge is -2.30. The van der Waals surface area contributed by atoms with Crippen LogP contribution in [0.1, 0.15) is 22.4 Å². The number of imidazole rings is 1. The number of methoxy groups -OCH3 is 1. The average Bonchev–Trinajstić information content (AvgIpc) is 3.31. The highest BCUT2D eigenvalue weighted by Gasteiger charge is 2.37. The van der Waals surface area contributed by atoms with Crippen molar-refractivity contribution in [3.8, 4) is 17.0 Å². The Hall–Kier alpha value is -3.38. The molecule has 0 bridgehead atoms. The molecule has 0 fully saturated rings. The van der Waals surface area contributed by atoms with Crippen LogP contribution in [0, 0.1) is 6.92 Å². The smallest absolute Gasteiger partial charge is 0.214 e. The van der Waals surface area contributed by atoms with E-state index in [9.17, 15) is 5.11 Å². The second-order valence-corrected chi connectivity index (χ2v) is 9.31. The minimum Gasteiger partial charge on any atom is -0.481 e. The van der Waals surface area contributed by atoms with Gasteiger partial charge >= 0.3 is 0 Å². The molecule has 35 heavy (non-hydrogen) atoms. The zero-order valence-electron chi connectivity index (χ0n) is 19.5. The number of aromatic nitrogens is 3. The van der Waals surface area contributed by atoms with E-state index in [4.69, 9.17) is 27.9 Å². The number of aliphatic hydroxyl groups is 1. The first-order valence-electron chi connectivity index (χ1n) is 11.0. The molecule has 5 nitrogen and oxygen atoms in total. The van der Waals surface area contributed by atoms with Crippen LogP contribution in [-0.2, 0) is 12.6 Å². The first-order valence-corrected chi connectivity index (χ1v) is 11.8. The molecule has 0 aliphatic carbocycles. The van der Waals surface area contributed by atoms with Crippen LogP contribution in [0.4, 0.5) is 0 Å². The van der Waals surface area contributed by atoms with E-state index in [1.54, 1.807) is 31.8 Å². The van der Waals surface area contributed by atoms with Crippen molar-refractivity contribution < 1.29 is 9.84 Å². The molecule has 0 amide bonds. The topological polar surface area (TPSA) is 60.2 Å². The second kappa shape index (κ2) is 9.00. The van der Waals surface area contributed by atoms with E-state index < -0.39 is 5.60 Å². The summed E-state index contributed by atoms with van der Waals surface area (Å²) in [7, 11) is 3.45. The molecule has 0 saturated heterocycles. The van der Waals surface area contributed by atoms with Crippen molar-refractivity contribution in [3.05, 3.63) is 112 Å². The first-order chi connectivity index (χ1) is 16.8. The summed E-state index contributed by atoms with van der Waals surface area (Å²) in [4.78, 5) is 8.91. The third kappa shape index (κ3) is 3.96. The lowest BCUT2D eigenvalue weighted by atomic mass is 9.82. The molecular formula is C28H23Cl2N3O2. The summed E-state index contributed by atoms with van der Waals surface area (Å²) >= 11 is 12.6. The highest BCUT2D eigenvalue weighted by atomic mass is 35.5. The van der Waals surface area contributed by atoms with Crippen LogP contribution in [0.25, 0.3) is 22.0 Å². The van der Waals surface area contributed by atoms with Crippen LogP contribution in [0.5, 0.6) is 5.88 Å². The van der Waals surface area contributed by atoms with Crippen molar-refractivity contribution in [1.82, 2.24) is 14.5 Å². The molecule has 0 aliphatic heterocycles. The molecule has 1 atom stereocenters. The maximum absolute atomic E-state index is 12.3. The summed E-state index contributed by atoms with van der Waals surface area (Å²) < 4.78 is 7.30. The van der Waals surface area contributed by atoms with Gasteiger partial charge in [0.05, 0.1) is 30.8 Å². The number of rotatable bonds is 5. The van der Waals surface area contributed by atoms with E-state index in [0.717, 1.165) is 27.6 Å². The Labute approximate surface area is 213 Å². The van der Waals surface area contributed by atoms with Crippen molar-refractivity contribution in [2.75, 3.05) is 7.11 Å². The standard InChI is InChI=1S/C28H23Cl2N3O2/c1-17-21(5-4-6-24(17)30)22-14-27(35-3)32-25-12-9-19(13-23(22)25)28(34,26-15-31-16-33(26)2)18-7-10-20(29)11-8-18/h4-16,34H,1-3H3. The Balaban J connectivity index is 1.82. The monoisotopic (exact) mass is 503 g/mol. The average molecular weight is 504 g/mol. The fourth-order valence-electron chi connectivity index (χ4n) is 4.51. The molecule has 0 aliphatic rings. The Kier molecular flexibility index (Phi) is 6.01. The minimum absolute atomic E-state index is 0.499. The fourth-order valence-corrected chi connectivity index (χ4v) is 4.81. The van der Waals surface area contributed by atoms with Crippen molar-refractivity contribution in [2.45, 2.75) is 12.5 Å². The molecule has 0 radical (unpaired) electrons. The van der Waals surface area contributed by atoms with Gasteiger partial charge in [-0.1, -0.05) is 53.5 Å². The number of hydrogen-bond donors (Lipinski definition) is 1. The molecule has 0 spiro atoms. The van der Waals surface area contributed by atoms with Gasteiger partial charge in [0.25, 0.3) is 0 Å². The molecule has 3 aromatic carbocycles. The van der Waals surface area contributed by atoms with E-state index in [1.807, 2.05) is 73.1 Å². The zero-order valence-corrected chi connectivity index (χ0v) is 21.0. The van der Waals surface area contributed by atoms with Crippen molar-refractivity contribution >= 4 is 34.1 Å². The number of fused-ring (bicyclic) bond motifs is 1. The lowest BCUT2D eigenvalue weighted by molar-refractivity contribution is 0.117. The molecule has 1 N–H and O–H groups in total. The SMILES string of the molecule is COc1cc(-c2cccc(Cl)c2C)c2cc(C(O)(c3ccc(Cl)cc3)c3cncn3C)ccc2n1. The van der Waals surface area contributed by atoms with E-state index >= 15 is 0 Å². The van der Waals surface area contributed by atoms with Gasteiger partial charge < -0.3 is 14.4 Å². The third-order valence-electron chi connectivity index (χ3n) is 6.42. The Morgan fingerprint density at radius 1 is 0.943 bits per heavy atom. The molecule has 2 aromatic heterocycles. The van der Waals surface area contributed by atoms with E-state index in [0.29, 0.717) is 32.7 Å². The van der Waals surface area contributed by atoms with Crippen molar-refractivity contribution in [1.29, 1.82) is 0 Å². The summed E-state index contributed by atoms with van der Waals surface area (Å²) in [6.07, 6.45) is 3.34. The molecule has 0 saturated carbocycles. The largest absolute Gasteiger partial charge is 0.481 e. The zero-order chi connectivity index (χ0) is 24.7. The summed E-state index contributed by atoms with van der Waals surface area (Å²) in [5.74, 6) is 0.499. The number of aryl methyl sites for hydroxylation is 1. The molecule has 7 heteroatoms. The Morgan fingerprint density at radius 2 is 1.69 bits per heavy atom. The van der Waals surface area contributed by atoms with Crippen LogP contribution in [0.2, 0.25) is 10.0 Å². The van der Waals surface area contributed by atoms with Gasteiger partial charge in [0.1, 0.15) is 0 Å². The number of ether oxygens (including phenoxy) is 1. The highest BCUT2D eigenvalue weighted by molar-refractivity contribution is 6.31. The van der Waals surface area contributed by atoms with Crippen LogP contribution in [0.3, 0.4) is 0 Å². The lowest BCUT2D eigenvalue weighted by Crippen LogP contribution is -2.31. The van der Waals surface area contributed by atoms with Gasteiger partial charge in [0.15, 0.2) is 5.60 Å². The summed E-state index contributed by atoms with van der Waals surface area (Å²) in [5, 5.41) is 14.5. The van der Waals surface area contributed by atoms with Gasteiger partial charge in [0.2, 0.25) is 5.88 Å². The summed E-state index contributed by atoms with van der Waals surface area (Å²) in [5.41, 5.74) is 4.06. The first kappa shape index (κ1) is 23.4. The van der Waals surface area contributed by atoms with Gasteiger partial charge in [-0.05, 0) is 65.1 Å². The van der Waals surface area contributed by atoms with Crippen molar-refractivity contribution in [2.24, 2.45) is 7.05 Å². The number of hydrogen-bond acceptors (Lipinski definition) is 4. The second-order valence-electron chi connectivity index (χ2n) is 8.46. The van der Waals surface area contributed by atoms with E-state index in [1.165, 1.54) is 0 Å². The van der Waals surface area contributed by atoms with Crippen LogP contribution < -0.4 is 4.74 Å². The van der Waals surface area contributed by atoms with Gasteiger partial charge in [-0.15, -0.1) is 0 Å². The molecule has 176 valence electrons. The number of nitrogens with zero attached hydrogens (tertiary/aromatic N) is 3. The predicted molar refractivity (Wildman–Crippen MR) is 140 cm³/mol. The van der Waals surface area contributed by atoms with E-state index in [-0.39, 0.29) is 0 Å². The molecule has 2 heterocycles. The van der Waals surface area contributed by atoms with E-state index in [2.05, 4.69) is 9.97 Å². The maximum Gasteiger partial charge on any atom is 0.214 e. The minimum atomic E-state index is -1.48. The molecule has 1 unspecified atom stereocenters. The van der Waals surface area contributed by atoms with Crippen LogP contribution >= 0.6 is 23.2 Å². The number of pyridine rings is 1. The van der Waals surface area contributed by atoms with Gasteiger partial charge in [-0.3, -0.25) is 0 Å². The number of benzene rings is 3. The molecule has 5 aromatic rings. The third-order valence-corrected chi connectivity index (χ3v) is 7.08. The van der Waals surface area contributed by atoms with Crippen LogP contribution in [-0.4, -0.2) is 26.8 Å². The molecular weight excluding hydrogens is 481 g/mol. The van der Waals surface area contributed by atoms with Gasteiger partial charge in [-0.25, -0.2) is 9.97 Å². The Morgan fingerprint density at radius 3 is 2.37 bits per heavy atom. The highest BCUT2D eigenvalue weighted by Crippen LogP contribution is 2.41. The molecule has 5 rings (SSSR count). The van der Waals surface area contributed by atoms with Gasteiger partial charge in [-0.2, -0.15) is 0 Å². The number of halogens is 2. The van der Waals surface area contributed by atoms with Crippen LogP contribution in [0.15, 0.2) is 79.3 Å². The van der Waals surface area contributed by atoms with Crippen molar-refractivity contribution in [3.63, 3.8) is 0 Å². The van der Waals surface area contributed by atoms with Gasteiger partial charge in [0, 0.05) is 28.5 Å². The maximum atomic E-state index is 12.3. The predicted octanol–water partition coefficient (Wildman–Crippen LogP) is 6.54. The summed E-state index contributed by atoms with van der Waals surface area (Å²) in [6.45, 7) is 1.99. The summed E-state index contributed by atoms with van der Waals surface area (Å²) in [6, 6.07) is 20.7. The normalized spacial score (nSPS) is 13.1. The quantitative estimate of drug-likeness (QED) is 0.295.